The van der Waals surface area contributed by atoms with Crippen molar-refractivity contribution in [2.75, 3.05) is 13.2 Å². The summed E-state index contributed by atoms with van der Waals surface area (Å²) in [7, 11) is 0. The van der Waals surface area contributed by atoms with E-state index in [2.05, 4.69) is 11.8 Å². The minimum atomic E-state index is -0.299. The maximum Gasteiger partial charge on any atom is 0.123 e. The minimum absolute atomic E-state index is 0.0227. The Hall–Kier alpha value is -2.48. The average molecular weight is 356 g/mol. The topological polar surface area (TPSA) is 40.5 Å². The molecular weight excluding hydrogens is 334 g/mol. The summed E-state index contributed by atoms with van der Waals surface area (Å²) in [6, 6.07) is 12.5. The van der Waals surface area contributed by atoms with Crippen molar-refractivity contribution in [2.24, 2.45) is 0 Å². The van der Waals surface area contributed by atoms with Crippen LogP contribution in [-0.2, 0) is 12.8 Å². The van der Waals surface area contributed by atoms with E-state index in [9.17, 15) is 13.9 Å². The first-order valence-corrected chi connectivity index (χ1v) is 8.52. The highest BCUT2D eigenvalue weighted by molar-refractivity contribution is 5.40. The maximum atomic E-state index is 13.1. The lowest BCUT2D eigenvalue weighted by Gasteiger charge is -2.12. The van der Waals surface area contributed by atoms with Crippen LogP contribution in [0.1, 0.15) is 24.0 Å². The van der Waals surface area contributed by atoms with Gasteiger partial charge in [0.25, 0.3) is 0 Å². The van der Waals surface area contributed by atoms with E-state index < -0.39 is 0 Å². The number of rotatable bonds is 7. The number of allylic oxidation sites excluding steroid dienone is 1. The second-order valence-electron chi connectivity index (χ2n) is 5.94. The van der Waals surface area contributed by atoms with Gasteiger partial charge in [0.05, 0.1) is 6.61 Å². The predicted octanol–water partition coefficient (Wildman–Crippen LogP) is 3.81. The summed E-state index contributed by atoms with van der Waals surface area (Å²) in [5.74, 6) is 5.42. The van der Waals surface area contributed by atoms with E-state index in [1.54, 1.807) is 24.3 Å². The number of aliphatic hydroxyl groups excluding tert-OH is 2. The molecule has 0 aliphatic heterocycles. The van der Waals surface area contributed by atoms with Crippen LogP contribution in [0.15, 0.2) is 59.7 Å². The van der Waals surface area contributed by atoms with E-state index in [1.165, 1.54) is 24.3 Å². The standard InChI is InChI=1S/C22H22F2O2/c23-21-8-4-17(5-9-21)15-19(3-1-2-13-25)20(12-14-26)16-18-6-10-22(24)11-7-18/h4-11,25-26H,2,12-16H2/b20-19+. The lowest BCUT2D eigenvalue weighted by molar-refractivity contribution is 0.298. The molecule has 0 amide bonds. The summed E-state index contributed by atoms with van der Waals surface area (Å²) in [5, 5.41) is 18.4. The fourth-order valence-electron chi connectivity index (χ4n) is 2.62. The van der Waals surface area contributed by atoms with Gasteiger partial charge in [-0.3, -0.25) is 0 Å². The van der Waals surface area contributed by atoms with E-state index in [4.69, 9.17) is 5.11 Å². The summed E-state index contributed by atoms with van der Waals surface area (Å²) in [4.78, 5) is 0. The molecule has 2 aromatic rings. The molecule has 0 bridgehead atoms. The van der Waals surface area contributed by atoms with Gasteiger partial charge in [-0.2, -0.15) is 0 Å². The molecule has 4 heteroatoms. The summed E-state index contributed by atoms with van der Waals surface area (Å²) in [6.45, 7) is -0.0464. The van der Waals surface area contributed by atoms with Crippen molar-refractivity contribution in [1.82, 2.24) is 0 Å². The number of hydrogen-bond acceptors (Lipinski definition) is 2. The maximum absolute atomic E-state index is 13.1. The van der Waals surface area contributed by atoms with Gasteiger partial charge in [-0.05, 0) is 48.2 Å². The highest BCUT2D eigenvalue weighted by Crippen LogP contribution is 2.20. The Kier molecular flexibility index (Phi) is 8.01. The molecule has 0 aliphatic carbocycles. The molecule has 0 radical (unpaired) electrons. The van der Waals surface area contributed by atoms with Crippen LogP contribution in [0.4, 0.5) is 8.78 Å². The fraction of sp³-hybridized carbons (Fsp3) is 0.273. The first-order chi connectivity index (χ1) is 12.6. The molecule has 0 saturated heterocycles. The van der Waals surface area contributed by atoms with Crippen LogP contribution >= 0.6 is 0 Å². The summed E-state index contributed by atoms with van der Waals surface area (Å²) < 4.78 is 26.3. The van der Waals surface area contributed by atoms with Crippen molar-refractivity contribution in [1.29, 1.82) is 0 Å². The van der Waals surface area contributed by atoms with Crippen LogP contribution in [0.5, 0.6) is 0 Å². The average Bonchev–Trinajstić information content (AvgIpc) is 2.64. The molecule has 136 valence electrons. The van der Waals surface area contributed by atoms with E-state index in [-0.39, 0.29) is 24.8 Å². The third-order valence-electron chi connectivity index (χ3n) is 3.94. The van der Waals surface area contributed by atoms with Crippen molar-refractivity contribution in [3.8, 4) is 11.8 Å². The minimum Gasteiger partial charge on any atom is -0.396 e. The van der Waals surface area contributed by atoms with Crippen molar-refractivity contribution in [3.63, 3.8) is 0 Å². The molecule has 0 saturated carbocycles. The molecule has 2 rings (SSSR count). The Balaban J connectivity index is 2.35. The van der Waals surface area contributed by atoms with Crippen LogP contribution in [0.2, 0.25) is 0 Å². The molecule has 0 fully saturated rings. The van der Waals surface area contributed by atoms with E-state index in [1.807, 2.05) is 0 Å². The first-order valence-electron chi connectivity index (χ1n) is 8.52. The van der Waals surface area contributed by atoms with Gasteiger partial charge < -0.3 is 10.2 Å². The summed E-state index contributed by atoms with van der Waals surface area (Å²) in [5.41, 5.74) is 3.63. The highest BCUT2D eigenvalue weighted by atomic mass is 19.1. The van der Waals surface area contributed by atoms with Gasteiger partial charge in [0.2, 0.25) is 0 Å². The quantitative estimate of drug-likeness (QED) is 0.741. The van der Waals surface area contributed by atoms with Gasteiger partial charge in [0.15, 0.2) is 0 Å². The van der Waals surface area contributed by atoms with Gasteiger partial charge in [0.1, 0.15) is 11.6 Å². The summed E-state index contributed by atoms with van der Waals surface area (Å²) >= 11 is 0. The highest BCUT2D eigenvalue weighted by Gasteiger charge is 2.08. The van der Waals surface area contributed by atoms with E-state index in [0.717, 1.165) is 22.3 Å². The van der Waals surface area contributed by atoms with E-state index >= 15 is 0 Å². The largest absolute Gasteiger partial charge is 0.396 e. The van der Waals surface area contributed by atoms with Crippen molar-refractivity contribution < 1.29 is 19.0 Å². The lowest BCUT2D eigenvalue weighted by Crippen LogP contribution is -2.02. The van der Waals surface area contributed by atoms with Gasteiger partial charge in [-0.15, -0.1) is 0 Å². The molecule has 26 heavy (non-hydrogen) atoms. The Morgan fingerprint density at radius 1 is 0.769 bits per heavy atom. The normalized spacial score (nSPS) is 11.5. The zero-order valence-electron chi connectivity index (χ0n) is 14.5. The molecule has 0 unspecified atom stereocenters. The molecule has 0 aromatic heterocycles. The van der Waals surface area contributed by atoms with Crippen LogP contribution in [-0.4, -0.2) is 23.4 Å². The molecule has 0 aliphatic rings. The van der Waals surface area contributed by atoms with E-state index in [0.29, 0.717) is 25.7 Å². The smallest absolute Gasteiger partial charge is 0.123 e. The van der Waals surface area contributed by atoms with Gasteiger partial charge in [-0.25, -0.2) is 8.78 Å². The predicted molar refractivity (Wildman–Crippen MR) is 98.4 cm³/mol. The van der Waals surface area contributed by atoms with Gasteiger partial charge >= 0.3 is 0 Å². The van der Waals surface area contributed by atoms with Crippen molar-refractivity contribution in [2.45, 2.75) is 25.7 Å². The molecular formula is C22H22F2O2. The molecule has 2 N–H and O–H groups in total. The van der Waals surface area contributed by atoms with Crippen LogP contribution in [0, 0.1) is 23.5 Å². The zero-order chi connectivity index (χ0) is 18.8. The second kappa shape index (κ2) is 10.5. The third kappa shape index (κ3) is 6.44. The number of benzene rings is 2. The Morgan fingerprint density at radius 2 is 1.31 bits per heavy atom. The number of halogens is 2. The van der Waals surface area contributed by atoms with Crippen molar-refractivity contribution in [3.05, 3.63) is 82.4 Å². The fourth-order valence-corrected chi connectivity index (χ4v) is 2.62. The van der Waals surface area contributed by atoms with Crippen LogP contribution in [0.3, 0.4) is 0 Å². The second-order valence-corrected chi connectivity index (χ2v) is 5.94. The third-order valence-corrected chi connectivity index (χ3v) is 3.94. The van der Waals surface area contributed by atoms with Gasteiger partial charge in [-0.1, -0.05) is 41.7 Å². The van der Waals surface area contributed by atoms with Gasteiger partial charge in [0, 0.05) is 25.0 Å². The zero-order valence-corrected chi connectivity index (χ0v) is 14.5. The Bertz CT molecular complexity index is 782. The first kappa shape index (κ1) is 19.8. The Labute approximate surface area is 152 Å². The van der Waals surface area contributed by atoms with Crippen molar-refractivity contribution >= 4 is 0 Å². The molecule has 0 heterocycles. The summed E-state index contributed by atoms with van der Waals surface area (Å²) in [6.07, 6.45) is 1.86. The Morgan fingerprint density at radius 3 is 1.81 bits per heavy atom. The lowest BCUT2D eigenvalue weighted by atomic mass is 9.93. The number of hydrogen-bond donors (Lipinski definition) is 2. The molecule has 0 atom stereocenters. The molecule has 2 aromatic carbocycles. The number of aliphatic hydroxyl groups is 2. The van der Waals surface area contributed by atoms with Crippen LogP contribution < -0.4 is 0 Å². The SMILES string of the molecule is OCCC#C/C(Cc1ccc(F)cc1)=C(/CCO)Cc1ccc(F)cc1. The molecule has 0 spiro atoms. The van der Waals surface area contributed by atoms with Crippen LogP contribution in [0.25, 0.3) is 0 Å². The monoisotopic (exact) mass is 356 g/mol. The molecule has 2 nitrogen and oxygen atoms in total.